The van der Waals surface area contributed by atoms with E-state index in [0.29, 0.717) is 34.2 Å². The second-order valence-corrected chi connectivity index (χ2v) is 9.84. The molecule has 0 fully saturated rings. The summed E-state index contributed by atoms with van der Waals surface area (Å²) in [5, 5.41) is 4.04. The van der Waals surface area contributed by atoms with Crippen molar-refractivity contribution in [3.63, 3.8) is 0 Å². The van der Waals surface area contributed by atoms with Crippen LogP contribution in [-0.4, -0.2) is 21.2 Å². The number of nitrogens with zero attached hydrogens (tertiary/aromatic N) is 2. The summed E-state index contributed by atoms with van der Waals surface area (Å²) in [6.07, 6.45) is 1.66. The highest BCUT2D eigenvalue weighted by atomic mass is 32.2. The van der Waals surface area contributed by atoms with Crippen LogP contribution in [0.3, 0.4) is 0 Å². The van der Waals surface area contributed by atoms with Crippen LogP contribution in [0.2, 0.25) is 0 Å². The number of hydrogen-bond donors (Lipinski definition) is 1. The molecule has 6 nitrogen and oxygen atoms in total. The highest BCUT2D eigenvalue weighted by Gasteiger charge is 2.17. The maximum atomic E-state index is 13.0. The van der Waals surface area contributed by atoms with Crippen LogP contribution in [0.15, 0.2) is 77.2 Å². The van der Waals surface area contributed by atoms with Crippen molar-refractivity contribution in [2.75, 3.05) is 11.1 Å². The number of amides is 1. The lowest BCUT2D eigenvalue weighted by Gasteiger charge is -2.11. The van der Waals surface area contributed by atoms with Gasteiger partial charge < -0.3 is 10.1 Å². The number of aromatic nitrogens is 2. The van der Waals surface area contributed by atoms with E-state index in [1.54, 1.807) is 22.8 Å². The average Bonchev–Trinajstić information content (AvgIpc) is 3.13. The van der Waals surface area contributed by atoms with Crippen LogP contribution in [-0.2, 0) is 17.9 Å². The average molecular weight is 492 g/mol. The van der Waals surface area contributed by atoms with Gasteiger partial charge in [-0.25, -0.2) is 4.98 Å². The van der Waals surface area contributed by atoms with Crippen LogP contribution in [0.5, 0.6) is 5.75 Å². The molecular formula is C26H25N3O3S2. The molecule has 0 atom stereocenters. The first-order valence-electron chi connectivity index (χ1n) is 10.8. The minimum atomic E-state index is -0.180. The van der Waals surface area contributed by atoms with Gasteiger partial charge in [-0.3, -0.25) is 14.2 Å². The Labute approximate surface area is 206 Å². The lowest BCUT2D eigenvalue weighted by atomic mass is 10.2. The highest BCUT2D eigenvalue weighted by Crippen LogP contribution is 2.28. The van der Waals surface area contributed by atoms with Gasteiger partial charge in [0.15, 0.2) is 5.16 Å². The topological polar surface area (TPSA) is 73.2 Å². The van der Waals surface area contributed by atoms with Crippen molar-refractivity contribution in [3.8, 4) is 5.75 Å². The molecule has 0 aliphatic carbocycles. The largest absolute Gasteiger partial charge is 0.489 e. The molecule has 1 amide bonds. The zero-order valence-electron chi connectivity index (χ0n) is 19.0. The summed E-state index contributed by atoms with van der Waals surface area (Å²) in [6, 6.07) is 17.2. The lowest BCUT2D eigenvalue weighted by molar-refractivity contribution is -0.113. The molecule has 0 radical (unpaired) electrons. The van der Waals surface area contributed by atoms with Gasteiger partial charge in [-0.15, -0.1) is 17.9 Å². The van der Waals surface area contributed by atoms with Gasteiger partial charge in [0.1, 0.15) is 17.2 Å². The fraction of sp³-hybridized carbons (Fsp3) is 0.192. The first kappa shape index (κ1) is 23.8. The number of carbonyl (C=O) groups is 1. The van der Waals surface area contributed by atoms with Crippen LogP contribution >= 0.6 is 23.1 Å². The predicted octanol–water partition coefficient (Wildman–Crippen LogP) is 5.57. The number of allylic oxidation sites excluding steroid dienone is 1. The zero-order chi connectivity index (χ0) is 24.1. The maximum absolute atomic E-state index is 13.0. The molecule has 0 bridgehead atoms. The predicted molar refractivity (Wildman–Crippen MR) is 140 cm³/mol. The number of thiophene rings is 1. The summed E-state index contributed by atoms with van der Waals surface area (Å²) in [7, 11) is 0. The molecule has 0 aliphatic heterocycles. The number of hydrogen-bond acceptors (Lipinski definition) is 6. The van der Waals surface area contributed by atoms with Crippen molar-refractivity contribution in [1.82, 2.24) is 9.55 Å². The molecule has 0 aliphatic rings. The Hall–Kier alpha value is -3.36. The Kier molecular flexibility index (Phi) is 7.49. The van der Waals surface area contributed by atoms with Gasteiger partial charge in [-0.2, -0.15) is 0 Å². The number of anilines is 1. The van der Waals surface area contributed by atoms with Crippen LogP contribution in [0.4, 0.5) is 5.69 Å². The molecule has 2 aromatic heterocycles. The molecule has 1 N–H and O–H groups in total. The van der Waals surface area contributed by atoms with Gasteiger partial charge in [-0.1, -0.05) is 48.2 Å². The third-order valence-electron chi connectivity index (χ3n) is 5.28. The quantitative estimate of drug-likeness (QED) is 0.188. The van der Waals surface area contributed by atoms with E-state index < -0.39 is 0 Å². The minimum absolute atomic E-state index is 0.0965. The molecule has 0 saturated heterocycles. The van der Waals surface area contributed by atoms with Crippen LogP contribution < -0.4 is 15.6 Å². The van der Waals surface area contributed by atoms with Crippen molar-refractivity contribution >= 4 is 44.9 Å². The summed E-state index contributed by atoms with van der Waals surface area (Å²) < 4.78 is 7.36. The van der Waals surface area contributed by atoms with E-state index in [0.717, 1.165) is 21.8 Å². The molecule has 4 rings (SSSR count). The summed E-state index contributed by atoms with van der Waals surface area (Å²) >= 11 is 2.74. The van der Waals surface area contributed by atoms with Gasteiger partial charge in [0, 0.05) is 17.1 Å². The summed E-state index contributed by atoms with van der Waals surface area (Å²) in [6.45, 7) is 8.49. The smallest absolute Gasteiger partial charge is 0.263 e. The lowest BCUT2D eigenvalue weighted by Crippen LogP contribution is -2.23. The molecule has 2 heterocycles. The molecule has 0 saturated carbocycles. The number of benzene rings is 2. The van der Waals surface area contributed by atoms with Gasteiger partial charge >= 0.3 is 0 Å². The molecule has 2 aromatic carbocycles. The van der Waals surface area contributed by atoms with E-state index >= 15 is 0 Å². The van der Waals surface area contributed by atoms with Crippen molar-refractivity contribution < 1.29 is 9.53 Å². The standard InChI is InChI=1S/C26H25N3O3S2/c1-4-14-29-25(31)23-17(2)18(3)34-24(23)28-26(29)33-16-22(30)27-20-10-12-21(13-11-20)32-15-19-8-6-5-7-9-19/h4-13H,1,14-16H2,2-3H3,(H,27,30). The highest BCUT2D eigenvalue weighted by molar-refractivity contribution is 7.99. The van der Waals surface area contributed by atoms with Crippen molar-refractivity contribution in [1.29, 1.82) is 0 Å². The Morgan fingerprint density at radius 1 is 1.18 bits per heavy atom. The molecule has 8 heteroatoms. The van der Waals surface area contributed by atoms with E-state index in [2.05, 4.69) is 16.9 Å². The summed E-state index contributed by atoms with van der Waals surface area (Å²) in [4.78, 5) is 32.0. The normalized spacial score (nSPS) is 10.9. The molecular weight excluding hydrogens is 466 g/mol. The number of rotatable bonds is 9. The molecule has 0 spiro atoms. The second kappa shape index (κ2) is 10.7. The summed E-state index contributed by atoms with van der Waals surface area (Å²) in [5.41, 5.74) is 2.63. The first-order chi connectivity index (χ1) is 16.5. The molecule has 4 aromatic rings. The third-order valence-corrected chi connectivity index (χ3v) is 7.36. The number of carbonyl (C=O) groups excluding carboxylic acids is 1. The first-order valence-corrected chi connectivity index (χ1v) is 12.6. The number of fused-ring (bicyclic) bond motifs is 1. The number of thioether (sulfide) groups is 1. The Bertz CT molecular complexity index is 1380. The Morgan fingerprint density at radius 2 is 1.91 bits per heavy atom. The Balaban J connectivity index is 1.39. The van der Waals surface area contributed by atoms with E-state index in [9.17, 15) is 9.59 Å². The third kappa shape index (κ3) is 5.40. The van der Waals surface area contributed by atoms with E-state index in [4.69, 9.17) is 4.74 Å². The Morgan fingerprint density at radius 3 is 2.62 bits per heavy atom. The van der Waals surface area contributed by atoms with Gasteiger partial charge in [0.2, 0.25) is 5.91 Å². The minimum Gasteiger partial charge on any atom is -0.489 e. The van der Waals surface area contributed by atoms with Crippen LogP contribution in [0, 0.1) is 13.8 Å². The van der Waals surface area contributed by atoms with E-state index in [-0.39, 0.29) is 17.2 Å². The molecule has 174 valence electrons. The number of aryl methyl sites for hydroxylation is 2. The van der Waals surface area contributed by atoms with Crippen molar-refractivity contribution in [3.05, 3.63) is 93.6 Å². The molecule has 34 heavy (non-hydrogen) atoms. The SMILES string of the molecule is C=CCn1c(SCC(=O)Nc2ccc(OCc3ccccc3)cc2)nc2sc(C)c(C)c2c1=O. The maximum Gasteiger partial charge on any atom is 0.263 e. The van der Waals surface area contributed by atoms with Gasteiger partial charge in [0.25, 0.3) is 5.56 Å². The van der Waals surface area contributed by atoms with Gasteiger partial charge in [-0.05, 0) is 49.2 Å². The van der Waals surface area contributed by atoms with Gasteiger partial charge in [0.05, 0.1) is 11.1 Å². The monoisotopic (exact) mass is 491 g/mol. The summed E-state index contributed by atoms with van der Waals surface area (Å²) in [5.74, 6) is 0.676. The van der Waals surface area contributed by atoms with Crippen molar-refractivity contribution in [2.24, 2.45) is 0 Å². The van der Waals surface area contributed by atoms with E-state index in [1.165, 1.54) is 23.1 Å². The fourth-order valence-electron chi connectivity index (χ4n) is 3.41. The molecule has 0 unspecified atom stereocenters. The fourth-order valence-corrected chi connectivity index (χ4v) is 5.29. The number of nitrogens with one attached hydrogen (secondary N) is 1. The second-order valence-electron chi connectivity index (χ2n) is 7.70. The zero-order valence-corrected chi connectivity index (χ0v) is 20.7. The van der Waals surface area contributed by atoms with Crippen LogP contribution in [0.25, 0.3) is 10.2 Å². The van der Waals surface area contributed by atoms with Crippen molar-refractivity contribution in [2.45, 2.75) is 32.2 Å². The number of ether oxygens (including phenoxy) is 1. The van der Waals surface area contributed by atoms with E-state index in [1.807, 2.05) is 56.3 Å². The van der Waals surface area contributed by atoms with Crippen LogP contribution in [0.1, 0.15) is 16.0 Å².